The lowest BCUT2D eigenvalue weighted by molar-refractivity contribution is -0.138. The molecule has 0 saturated carbocycles. The number of rotatable bonds is 12. The van der Waals surface area contributed by atoms with E-state index in [1.807, 2.05) is 0 Å². The second kappa shape index (κ2) is 11.7. The third kappa shape index (κ3) is 8.61. The molecule has 2 atom stereocenters. The number of unbranched alkanes of at least 4 members (excludes halogenated alkanes) is 3. The zero-order valence-electron chi connectivity index (χ0n) is 17.2. The predicted molar refractivity (Wildman–Crippen MR) is 108 cm³/mol. The minimum atomic E-state index is -4.47. The number of hydrogen-bond acceptors (Lipinski definition) is 4. The van der Waals surface area contributed by atoms with Crippen LogP contribution in [0.3, 0.4) is 0 Å². The molecule has 1 aromatic carbocycles. The van der Waals surface area contributed by atoms with Crippen LogP contribution < -0.4 is 4.74 Å². The number of likely N-dealkylation sites (tertiary alicyclic amines) is 1. The van der Waals surface area contributed by atoms with Crippen LogP contribution in [0.15, 0.2) is 36.4 Å². The summed E-state index contributed by atoms with van der Waals surface area (Å²) in [7, 11) is 0. The van der Waals surface area contributed by atoms with E-state index in [4.69, 9.17) is 9.84 Å². The van der Waals surface area contributed by atoms with E-state index in [0.29, 0.717) is 25.8 Å². The second-order valence-corrected chi connectivity index (χ2v) is 7.54. The van der Waals surface area contributed by atoms with Crippen LogP contribution in [0.2, 0.25) is 0 Å². The van der Waals surface area contributed by atoms with Gasteiger partial charge in [-0.05, 0) is 37.5 Å². The Kier molecular flexibility index (Phi) is 9.36. The molecular weight excluding hydrogens is 415 g/mol. The number of carbonyl (C=O) groups is 2. The SMILES string of the molecule is O=C(O)CCCCCCN1C(=O)CCC1/C=C/C(O)COc1cccc(C(F)(F)F)c1. The van der Waals surface area contributed by atoms with Gasteiger partial charge in [-0.15, -0.1) is 0 Å². The summed E-state index contributed by atoms with van der Waals surface area (Å²) in [4.78, 5) is 24.3. The first-order chi connectivity index (χ1) is 14.7. The third-order valence-electron chi connectivity index (χ3n) is 5.05. The molecule has 1 saturated heterocycles. The van der Waals surface area contributed by atoms with Crippen molar-refractivity contribution in [3.63, 3.8) is 0 Å². The second-order valence-electron chi connectivity index (χ2n) is 7.54. The summed E-state index contributed by atoms with van der Waals surface area (Å²) in [6, 6.07) is 4.31. The molecule has 6 nitrogen and oxygen atoms in total. The summed E-state index contributed by atoms with van der Waals surface area (Å²) in [5, 5.41) is 18.7. The quantitative estimate of drug-likeness (QED) is 0.376. The zero-order chi connectivity index (χ0) is 22.9. The lowest BCUT2D eigenvalue weighted by atomic mass is 10.1. The summed E-state index contributed by atoms with van der Waals surface area (Å²) in [6.07, 6.45) is 1.96. The molecule has 2 unspecified atom stereocenters. The number of alkyl halides is 3. The van der Waals surface area contributed by atoms with Gasteiger partial charge in [0, 0.05) is 19.4 Å². The molecule has 31 heavy (non-hydrogen) atoms. The van der Waals surface area contributed by atoms with Crippen molar-refractivity contribution in [2.45, 2.75) is 63.3 Å². The van der Waals surface area contributed by atoms with Crippen molar-refractivity contribution in [3.8, 4) is 5.75 Å². The van der Waals surface area contributed by atoms with Crippen molar-refractivity contribution in [3.05, 3.63) is 42.0 Å². The number of hydrogen-bond donors (Lipinski definition) is 2. The van der Waals surface area contributed by atoms with Crippen LogP contribution in [-0.2, 0) is 15.8 Å². The summed E-state index contributed by atoms with van der Waals surface area (Å²) in [5.41, 5.74) is -0.821. The van der Waals surface area contributed by atoms with Gasteiger partial charge in [0.2, 0.25) is 5.91 Å². The highest BCUT2D eigenvalue weighted by atomic mass is 19.4. The van der Waals surface area contributed by atoms with Gasteiger partial charge in [-0.25, -0.2) is 0 Å². The van der Waals surface area contributed by atoms with Crippen molar-refractivity contribution in [2.75, 3.05) is 13.2 Å². The maximum Gasteiger partial charge on any atom is 0.416 e. The number of aliphatic hydroxyl groups is 1. The number of amides is 1. The molecule has 0 radical (unpaired) electrons. The van der Waals surface area contributed by atoms with Crippen LogP contribution in [0.4, 0.5) is 13.2 Å². The Bertz CT molecular complexity index is 766. The van der Waals surface area contributed by atoms with E-state index in [0.717, 1.165) is 31.4 Å². The average Bonchev–Trinajstić information content (AvgIpc) is 3.06. The fourth-order valence-corrected chi connectivity index (χ4v) is 3.41. The fourth-order valence-electron chi connectivity index (χ4n) is 3.41. The van der Waals surface area contributed by atoms with E-state index >= 15 is 0 Å². The lowest BCUT2D eigenvalue weighted by Gasteiger charge is -2.22. The number of carbonyl (C=O) groups excluding carboxylic acids is 1. The van der Waals surface area contributed by atoms with Crippen LogP contribution in [0, 0.1) is 0 Å². The van der Waals surface area contributed by atoms with Crippen LogP contribution in [0.25, 0.3) is 0 Å². The van der Waals surface area contributed by atoms with E-state index in [1.54, 1.807) is 11.0 Å². The fraction of sp³-hybridized carbons (Fsp3) is 0.545. The van der Waals surface area contributed by atoms with Crippen LogP contribution >= 0.6 is 0 Å². The highest BCUT2D eigenvalue weighted by Gasteiger charge is 2.31. The van der Waals surface area contributed by atoms with E-state index in [-0.39, 0.29) is 30.7 Å². The van der Waals surface area contributed by atoms with Gasteiger partial charge in [0.25, 0.3) is 0 Å². The van der Waals surface area contributed by atoms with E-state index in [9.17, 15) is 27.9 Å². The molecule has 172 valence electrons. The largest absolute Gasteiger partial charge is 0.491 e. The zero-order valence-corrected chi connectivity index (χ0v) is 17.2. The van der Waals surface area contributed by atoms with E-state index in [2.05, 4.69) is 0 Å². The third-order valence-corrected chi connectivity index (χ3v) is 5.05. The van der Waals surface area contributed by atoms with Crippen molar-refractivity contribution in [2.24, 2.45) is 0 Å². The van der Waals surface area contributed by atoms with E-state index in [1.165, 1.54) is 18.2 Å². The minimum absolute atomic E-state index is 0.0165. The lowest BCUT2D eigenvalue weighted by Crippen LogP contribution is -2.33. The van der Waals surface area contributed by atoms with Crippen LogP contribution in [-0.4, -0.2) is 52.3 Å². The van der Waals surface area contributed by atoms with Crippen molar-refractivity contribution in [1.82, 2.24) is 4.90 Å². The highest BCUT2D eigenvalue weighted by molar-refractivity contribution is 5.79. The molecule has 0 spiro atoms. The van der Waals surface area contributed by atoms with Gasteiger partial charge in [0.15, 0.2) is 0 Å². The van der Waals surface area contributed by atoms with Crippen molar-refractivity contribution in [1.29, 1.82) is 0 Å². The molecule has 1 amide bonds. The van der Waals surface area contributed by atoms with Gasteiger partial charge < -0.3 is 19.8 Å². The average molecular weight is 443 g/mol. The van der Waals surface area contributed by atoms with Gasteiger partial charge in [-0.1, -0.05) is 31.1 Å². The molecule has 0 bridgehead atoms. The Hall–Kier alpha value is -2.55. The predicted octanol–water partition coefficient (Wildman–Crippen LogP) is 4.03. The Labute approximate surface area is 179 Å². The number of nitrogens with zero attached hydrogens (tertiary/aromatic N) is 1. The van der Waals surface area contributed by atoms with Gasteiger partial charge in [0.1, 0.15) is 18.5 Å². The van der Waals surface area contributed by atoms with Gasteiger partial charge in [-0.3, -0.25) is 9.59 Å². The van der Waals surface area contributed by atoms with Gasteiger partial charge in [0.05, 0.1) is 11.6 Å². The molecule has 1 aromatic rings. The summed E-state index contributed by atoms with van der Waals surface area (Å²) in [5.74, 6) is -0.756. The minimum Gasteiger partial charge on any atom is -0.491 e. The monoisotopic (exact) mass is 443 g/mol. The van der Waals surface area contributed by atoms with Crippen molar-refractivity contribution < 1.29 is 37.7 Å². The summed E-state index contributed by atoms with van der Waals surface area (Å²) < 4.78 is 43.5. The molecule has 9 heteroatoms. The Morgan fingerprint density at radius 3 is 2.71 bits per heavy atom. The first-order valence-corrected chi connectivity index (χ1v) is 10.3. The van der Waals surface area contributed by atoms with E-state index < -0.39 is 23.8 Å². The van der Waals surface area contributed by atoms with Gasteiger partial charge >= 0.3 is 12.1 Å². The Morgan fingerprint density at radius 1 is 1.26 bits per heavy atom. The molecule has 2 N–H and O–H groups in total. The number of halogens is 3. The summed E-state index contributed by atoms with van der Waals surface area (Å²) in [6.45, 7) is 0.361. The molecule has 1 fully saturated rings. The normalized spacial score (nSPS) is 18.0. The van der Waals surface area contributed by atoms with Crippen LogP contribution in [0.5, 0.6) is 5.75 Å². The number of ether oxygens (including phenoxy) is 1. The summed E-state index contributed by atoms with van der Waals surface area (Å²) >= 11 is 0. The topological polar surface area (TPSA) is 87.1 Å². The molecule has 0 aromatic heterocycles. The molecule has 1 aliphatic rings. The number of aliphatic carboxylic acids is 1. The van der Waals surface area contributed by atoms with Gasteiger partial charge in [-0.2, -0.15) is 13.2 Å². The molecular formula is C22H28F3NO5. The first kappa shape index (κ1) is 24.7. The molecule has 2 rings (SSSR count). The number of benzene rings is 1. The molecule has 1 heterocycles. The Balaban J connectivity index is 1.77. The standard InChI is InChI=1S/C22H28F3NO5/c23-22(24,25)16-6-5-7-19(14-16)31-15-18(27)11-9-17-10-12-20(28)26(17)13-4-2-1-3-8-21(29)30/h5-7,9,11,14,17-18,27H,1-4,8,10,12-13,15H2,(H,29,30)/b11-9+. The Morgan fingerprint density at radius 2 is 2.00 bits per heavy atom. The number of aliphatic hydroxyl groups excluding tert-OH is 1. The molecule has 0 aliphatic carbocycles. The first-order valence-electron chi connectivity index (χ1n) is 10.3. The smallest absolute Gasteiger partial charge is 0.416 e. The highest BCUT2D eigenvalue weighted by Crippen LogP contribution is 2.31. The maximum atomic E-state index is 12.7. The van der Waals surface area contributed by atoms with Crippen molar-refractivity contribution >= 4 is 11.9 Å². The maximum absolute atomic E-state index is 12.7. The molecule has 1 aliphatic heterocycles. The number of carboxylic acids is 1. The number of carboxylic acid groups (broad SMARTS) is 1. The van der Waals surface area contributed by atoms with Crippen LogP contribution in [0.1, 0.15) is 50.5 Å².